The van der Waals surface area contributed by atoms with Gasteiger partial charge in [-0.05, 0) is 51.4 Å². The summed E-state index contributed by atoms with van der Waals surface area (Å²) in [6.07, 6.45) is 105. The van der Waals surface area contributed by atoms with Gasteiger partial charge >= 0.3 is 5.97 Å². The van der Waals surface area contributed by atoms with Gasteiger partial charge in [0.25, 0.3) is 0 Å². The van der Waals surface area contributed by atoms with E-state index in [0.29, 0.717) is 25.9 Å². The van der Waals surface area contributed by atoms with Crippen LogP contribution in [-0.4, -0.2) is 47.4 Å². The average Bonchev–Trinajstić information content (AvgIpc) is 3.62. The lowest BCUT2D eigenvalue weighted by Gasteiger charge is -2.22. The van der Waals surface area contributed by atoms with Crippen LogP contribution in [0.3, 0.4) is 0 Å². The zero-order chi connectivity index (χ0) is 66.3. The minimum Gasteiger partial charge on any atom is -0.466 e. The summed E-state index contributed by atoms with van der Waals surface area (Å²) in [5.41, 5.74) is 0. The van der Waals surface area contributed by atoms with Gasteiger partial charge in [-0.2, -0.15) is 0 Å². The lowest BCUT2D eigenvalue weighted by Crippen LogP contribution is -2.45. The normalized spacial score (nSPS) is 12.4. The van der Waals surface area contributed by atoms with Crippen LogP contribution in [0.1, 0.15) is 502 Å². The van der Waals surface area contributed by atoms with Crippen LogP contribution in [0.4, 0.5) is 0 Å². The molecule has 548 valence electrons. The lowest BCUT2D eigenvalue weighted by molar-refractivity contribution is -0.143. The Hall–Kier alpha value is -1.40. The van der Waals surface area contributed by atoms with Crippen molar-refractivity contribution in [2.45, 2.75) is 514 Å². The summed E-state index contributed by atoms with van der Waals surface area (Å²) in [6.45, 7) is 5.01. The molecule has 2 atom stereocenters. The first-order valence-corrected chi connectivity index (χ1v) is 42.9. The van der Waals surface area contributed by atoms with E-state index in [0.717, 1.165) is 38.5 Å². The second kappa shape index (κ2) is 82.0. The topological polar surface area (TPSA) is 95.9 Å². The molecule has 0 saturated carbocycles. The molecule has 0 aromatic rings. The van der Waals surface area contributed by atoms with Crippen molar-refractivity contribution in [1.82, 2.24) is 5.32 Å². The maximum absolute atomic E-state index is 12.6. The van der Waals surface area contributed by atoms with E-state index in [9.17, 15) is 19.8 Å². The first kappa shape index (κ1) is 90.6. The summed E-state index contributed by atoms with van der Waals surface area (Å²) in [6, 6.07) is -0.538. The fraction of sp³-hybridized carbons (Fsp3) is 0.953. The number of aliphatic hydroxyl groups is 2. The summed E-state index contributed by atoms with van der Waals surface area (Å²) >= 11 is 0. The molecular formula is C86H169NO5. The summed E-state index contributed by atoms with van der Waals surface area (Å²) in [7, 11) is 0. The third kappa shape index (κ3) is 77.6. The highest BCUT2D eigenvalue weighted by Gasteiger charge is 2.20. The summed E-state index contributed by atoms with van der Waals surface area (Å²) in [5.74, 6) is -0.00246. The van der Waals surface area contributed by atoms with Gasteiger partial charge < -0.3 is 20.3 Å². The molecule has 6 heteroatoms. The number of carbonyl (C=O) groups excluding carboxylic acids is 2. The Bertz CT molecular complexity index is 1400. The standard InChI is InChI=1S/C86H169NO5/c1-3-5-7-9-11-13-15-17-19-21-22-23-37-40-43-47-50-54-58-62-66-70-74-78-84(89)83(82-88)87-85(90)79-75-71-67-63-59-55-51-48-44-41-38-35-33-31-29-27-25-24-26-28-30-32-34-36-39-42-45-49-53-57-61-65-69-73-77-81-92-86(91)80-76-72-68-64-60-56-52-46-20-18-16-14-12-10-8-6-4-2/h18,20,83-84,88-89H,3-17,19,21-82H2,1-2H3,(H,87,90)/b20-18-. The first-order chi connectivity index (χ1) is 45.5. The molecule has 0 bridgehead atoms. The quantitative estimate of drug-likeness (QED) is 0.0320. The number of hydrogen-bond donors (Lipinski definition) is 3. The molecule has 6 nitrogen and oxygen atoms in total. The van der Waals surface area contributed by atoms with Gasteiger partial charge in [-0.15, -0.1) is 0 Å². The second-order valence-corrected chi connectivity index (χ2v) is 29.9. The largest absolute Gasteiger partial charge is 0.466 e. The van der Waals surface area contributed by atoms with Crippen molar-refractivity contribution in [2.75, 3.05) is 13.2 Å². The molecule has 0 aromatic carbocycles. The molecule has 92 heavy (non-hydrogen) atoms. The van der Waals surface area contributed by atoms with E-state index in [1.54, 1.807) is 0 Å². The molecule has 2 unspecified atom stereocenters. The summed E-state index contributed by atoms with van der Waals surface area (Å²) < 4.78 is 5.51. The van der Waals surface area contributed by atoms with E-state index in [4.69, 9.17) is 4.74 Å². The van der Waals surface area contributed by atoms with Crippen molar-refractivity contribution < 1.29 is 24.5 Å². The van der Waals surface area contributed by atoms with Gasteiger partial charge in [-0.1, -0.05) is 450 Å². The van der Waals surface area contributed by atoms with E-state index in [1.165, 1.54) is 430 Å². The summed E-state index contributed by atoms with van der Waals surface area (Å²) in [4.78, 5) is 24.7. The van der Waals surface area contributed by atoms with Gasteiger partial charge in [0.1, 0.15) is 0 Å². The van der Waals surface area contributed by atoms with Crippen LogP contribution >= 0.6 is 0 Å². The van der Waals surface area contributed by atoms with Crippen LogP contribution in [0.15, 0.2) is 12.2 Å². The van der Waals surface area contributed by atoms with Crippen LogP contribution in [0.25, 0.3) is 0 Å². The lowest BCUT2D eigenvalue weighted by atomic mass is 10.0. The third-order valence-corrected chi connectivity index (χ3v) is 20.6. The van der Waals surface area contributed by atoms with Crippen molar-refractivity contribution in [2.24, 2.45) is 0 Å². The molecule has 0 fully saturated rings. The molecular weight excluding hydrogens is 1130 g/mol. The van der Waals surface area contributed by atoms with Crippen molar-refractivity contribution in [3.63, 3.8) is 0 Å². The van der Waals surface area contributed by atoms with E-state index in [1.807, 2.05) is 0 Å². The molecule has 3 N–H and O–H groups in total. The van der Waals surface area contributed by atoms with Crippen molar-refractivity contribution in [1.29, 1.82) is 0 Å². The van der Waals surface area contributed by atoms with Crippen LogP contribution in [-0.2, 0) is 14.3 Å². The highest BCUT2D eigenvalue weighted by molar-refractivity contribution is 5.76. The fourth-order valence-electron chi connectivity index (χ4n) is 14.1. The number of aliphatic hydroxyl groups excluding tert-OH is 2. The number of esters is 1. The van der Waals surface area contributed by atoms with Gasteiger partial charge in [-0.25, -0.2) is 0 Å². The van der Waals surface area contributed by atoms with E-state index in [-0.39, 0.29) is 18.5 Å². The zero-order valence-corrected chi connectivity index (χ0v) is 63.1. The molecule has 0 aromatic heterocycles. The third-order valence-electron chi connectivity index (χ3n) is 20.6. The molecule has 0 saturated heterocycles. The molecule has 1 amide bonds. The van der Waals surface area contributed by atoms with Gasteiger partial charge in [-0.3, -0.25) is 9.59 Å². The van der Waals surface area contributed by atoms with E-state index in [2.05, 4.69) is 31.3 Å². The number of allylic oxidation sites excluding steroid dienone is 2. The van der Waals surface area contributed by atoms with Gasteiger partial charge in [0.2, 0.25) is 5.91 Å². The highest BCUT2D eigenvalue weighted by Crippen LogP contribution is 2.21. The number of unbranched alkanes of at least 4 members (excludes halogenated alkanes) is 69. The van der Waals surface area contributed by atoms with E-state index >= 15 is 0 Å². The van der Waals surface area contributed by atoms with Gasteiger partial charge in [0.15, 0.2) is 0 Å². The van der Waals surface area contributed by atoms with E-state index < -0.39 is 12.1 Å². The Morgan fingerprint density at radius 2 is 0.511 bits per heavy atom. The molecule has 0 aliphatic rings. The number of ether oxygens (including phenoxy) is 1. The number of nitrogens with one attached hydrogen (secondary N) is 1. The number of amides is 1. The first-order valence-electron chi connectivity index (χ1n) is 42.9. The molecule has 0 radical (unpaired) electrons. The monoisotopic (exact) mass is 1300 g/mol. The molecule has 0 aliphatic heterocycles. The average molecular weight is 1300 g/mol. The van der Waals surface area contributed by atoms with Crippen molar-refractivity contribution >= 4 is 11.9 Å². The van der Waals surface area contributed by atoms with Gasteiger partial charge in [0, 0.05) is 12.8 Å². The molecule has 0 aliphatic carbocycles. The minimum atomic E-state index is -0.661. The van der Waals surface area contributed by atoms with Crippen molar-refractivity contribution in [3.8, 4) is 0 Å². The van der Waals surface area contributed by atoms with Crippen LogP contribution in [0.5, 0.6) is 0 Å². The Labute approximate surface area is 578 Å². The summed E-state index contributed by atoms with van der Waals surface area (Å²) in [5, 5.41) is 23.5. The fourth-order valence-corrected chi connectivity index (χ4v) is 14.1. The Morgan fingerprint density at radius 3 is 0.772 bits per heavy atom. The number of rotatable bonds is 82. The van der Waals surface area contributed by atoms with Crippen LogP contribution < -0.4 is 5.32 Å². The second-order valence-electron chi connectivity index (χ2n) is 29.9. The molecule has 0 rings (SSSR count). The number of hydrogen-bond acceptors (Lipinski definition) is 5. The Balaban J connectivity index is 3.31. The predicted octanol–water partition coefficient (Wildman–Crippen LogP) is 28.6. The van der Waals surface area contributed by atoms with Crippen molar-refractivity contribution in [3.05, 3.63) is 12.2 Å². The van der Waals surface area contributed by atoms with Crippen LogP contribution in [0, 0.1) is 0 Å². The number of carbonyl (C=O) groups is 2. The maximum Gasteiger partial charge on any atom is 0.305 e. The highest BCUT2D eigenvalue weighted by atomic mass is 16.5. The molecule has 0 spiro atoms. The van der Waals surface area contributed by atoms with Gasteiger partial charge in [0.05, 0.1) is 25.4 Å². The smallest absolute Gasteiger partial charge is 0.305 e. The Kier molecular flexibility index (Phi) is 80.8. The predicted molar refractivity (Wildman–Crippen MR) is 407 cm³/mol. The maximum atomic E-state index is 12.6. The van der Waals surface area contributed by atoms with Crippen LogP contribution in [0.2, 0.25) is 0 Å². The Morgan fingerprint density at radius 1 is 0.293 bits per heavy atom. The SMILES string of the molecule is CCCCCCCC/C=C\CCCCCCCCCC(=O)OCCCCCCCCCCCCCCCCCCCCCCCCCCCCCCCCCCCCCC(=O)NC(CO)C(O)CCCCCCCCCCCCCCCCCCCCCCCCC. The molecule has 0 heterocycles. The minimum absolute atomic E-state index is 0.0207. The zero-order valence-electron chi connectivity index (χ0n) is 63.1.